The number of methoxy groups -OCH3 is 1. The SMILES string of the molecule is COCCNCC1CCCCN1c1nccc2occc12. The van der Waals surface area contributed by atoms with Crippen molar-refractivity contribution in [3.63, 3.8) is 0 Å². The number of ether oxygens (including phenoxy) is 1. The molecular weight excluding hydrogens is 266 g/mol. The third-order valence-corrected chi connectivity index (χ3v) is 4.12. The number of rotatable bonds is 6. The van der Waals surface area contributed by atoms with Gasteiger partial charge in [-0.1, -0.05) is 0 Å². The maximum Gasteiger partial charge on any atom is 0.139 e. The van der Waals surface area contributed by atoms with Crippen molar-refractivity contribution in [2.75, 3.05) is 38.3 Å². The van der Waals surface area contributed by atoms with E-state index < -0.39 is 0 Å². The third kappa shape index (κ3) is 3.19. The maximum absolute atomic E-state index is 5.50. The van der Waals surface area contributed by atoms with Gasteiger partial charge in [0.1, 0.15) is 11.4 Å². The van der Waals surface area contributed by atoms with Crippen LogP contribution in [0.3, 0.4) is 0 Å². The van der Waals surface area contributed by atoms with Gasteiger partial charge in [-0.3, -0.25) is 0 Å². The standard InChI is InChI=1S/C16H23N3O2/c1-20-11-8-17-12-13-4-2-3-9-19(13)16-14-6-10-21-15(14)5-7-18-16/h5-7,10,13,17H,2-4,8-9,11-12H2,1H3. The lowest BCUT2D eigenvalue weighted by Crippen LogP contribution is -2.46. The number of nitrogens with zero attached hydrogens (tertiary/aromatic N) is 2. The second kappa shape index (κ2) is 6.91. The van der Waals surface area contributed by atoms with E-state index in [1.165, 1.54) is 19.3 Å². The summed E-state index contributed by atoms with van der Waals surface area (Å²) in [4.78, 5) is 7.04. The minimum Gasteiger partial charge on any atom is -0.464 e. The molecule has 2 aromatic heterocycles. The molecule has 0 aliphatic carbocycles. The van der Waals surface area contributed by atoms with Crippen molar-refractivity contribution in [1.29, 1.82) is 0 Å². The number of hydrogen-bond donors (Lipinski definition) is 1. The van der Waals surface area contributed by atoms with Crippen LogP contribution < -0.4 is 10.2 Å². The first-order chi connectivity index (χ1) is 10.4. The van der Waals surface area contributed by atoms with E-state index in [0.717, 1.165) is 43.0 Å². The number of aromatic nitrogens is 1. The molecule has 21 heavy (non-hydrogen) atoms. The summed E-state index contributed by atoms with van der Waals surface area (Å²) in [7, 11) is 1.73. The summed E-state index contributed by atoms with van der Waals surface area (Å²) in [5, 5.41) is 4.59. The molecule has 1 atom stereocenters. The monoisotopic (exact) mass is 289 g/mol. The normalized spacial score (nSPS) is 19.3. The van der Waals surface area contributed by atoms with E-state index in [9.17, 15) is 0 Å². The fourth-order valence-corrected chi connectivity index (χ4v) is 3.04. The predicted octanol–water partition coefficient (Wildman–Crippen LogP) is 2.42. The third-order valence-electron chi connectivity index (χ3n) is 4.12. The van der Waals surface area contributed by atoms with E-state index in [-0.39, 0.29) is 0 Å². The van der Waals surface area contributed by atoms with Crippen molar-refractivity contribution in [2.45, 2.75) is 25.3 Å². The lowest BCUT2D eigenvalue weighted by molar-refractivity contribution is 0.198. The van der Waals surface area contributed by atoms with Crippen LogP contribution in [-0.2, 0) is 4.74 Å². The molecular formula is C16H23N3O2. The molecule has 3 heterocycles. The predicted molar refractivity (Wildman–Crippen MR) is 83.7 cm³/mol. The quantitative estimate of drug-likeness (QED) is 0.828. The Kier molecular flexibility index (Phi) is 4.72. The van der Waals surface area contributed by atoms with Crippen molar-refractivity contribution in [3.05, 3.63) is 24.6 Å². The minimum absolute atomic E-state index is 0.489. The first kappa shape index (κ1) is 14.4. The molecule has 0 spiro atoms. The first-order valence-electron chi connectivity index (χ1n) is 7.68. The Morgan fingerprint density at radius 3 is 3.29 bits per heavy atom. The minimum atomic E-state index is 0.489. The highest BCUT2D eigenvalue weighted by atomic mass is 16.5. The van der Waals surface area contributed by atoms with E-state index in [0.29, 0.717) is 6.04 Å². The van der Waals surface area contributed by atoms with E-state index in [2.05, 4.69) is 15.2 Å². The molecule has 5 nitrogen and oxygen atoms in total. The summed E-state index contributed by atoms with van der Waals surface area (Å²) in [5.41, 5.74) is 0.914. The zero-order valence-corrected chi connectivity index (χ0v) is 12.5. The van der Waals surface area contributed by atoms with Crippen LogP contribution >= 0.6 is 0 Å². The number of hydrogen-bond acceptors (Lipinski definition) is 5. The highest BCUT2D eigenvalue weighted by Crippen LogP contribution is 2.30. The molecule has 0 radical (unpaired) electrons. The summed E-state index contributed by atoms with van der Waals surface area (Å²) < 4.78 is 10.6. The van der Waals surface area contributed by atoms with Gasteiger partial charge in [-0.05, 0) is 31.4 Å². The largest absolute Gasteiger partial charge is 0.464 e. The van der Waals surface area contributed by atoms with Crippen LogP contribution in [0.5, 0.6) is 0 Å². The fourth-order valence-electron chi connectivity index (χ4n) is 3.04. The van der Waals surface area contributed by atoms with Crippen molar-refractivity contribution in [3.8, 4) is 0 Å². The second-order valence-electron chi connectivity index (χ2n) is 5.51. The summed E-state index contributed by atoms with van der Waals surface area (Å²) in [6.07, 6.45) is 7.30. The fraction of sp³-hybridized carbons (Fsp3) is 0.562. The van der Waals surface area contributed by atoms with Gasteiger partial charge < -0.3 is 19.4 Å². The van der Waals surface area contributed by atoms with Crippen molar-refractivity contribution >= 4 is 16.8 Å². The van der Waals surface area contributed by atoms with Crippen LogP contribution in [0.4, 0.5) is 5.82 Å². The molecule has 0 bridgehead atoms. The molecule has 0 saturated carbocycles. The molecule has 5 heteroatoms. The van der Waals surface area contributed by atoms with Gasteiger partial charge in [0.2, 0.25) is 0 Å². The zero-order valence-electron chi connectivity index (χ0n) is 12.5. The number of piperidine rings is 1. The Hall–Kier alpha value is -1.59. The molecule has 0 amide bonds. The first-order valence-corrected chi connectivity index (χ1v) is 7.68. The summed E-state index contributed by atoms with van der Waals surface area (Å²) in [6, 6.07) is 4.43. The van der Waals surface area contributed by atoms with Crippen LogP contribution in [0.1, 0.15) is 19.3 Å². The Morgan fingerprint density at radius 1 is 1.43 bits per heavy atom. The molecule has 114 valence electrons. The Bertz CT molecular complexity index is 569. The van der Waals surface area contributed by atoms with Gasteiger partial charge in [0.05, 0.1) is 18.3 Å². The van der Waals surface area contributed by atoms with Crippen LogP contribution in [0, 0.1) is 0 Å². The molecule has 1 fully saturated rings. The average Bonchev–Trinajstić information content (AvgIpc) is 3.00. The average molecular weight is 289 g/mol. The Balaban J connectivity index is 1.75. The lowest BCUT2D eigenvalue weighted by atomic mass is 10.0. The second-order valence-corrected chi connectivity index (χ2v) is 5.51. The van der Waals surface area contributed by atoms with Crippen LogP contribution in [0.2, 0.25) is 0 Å². The van der Waals surface area contributed by atoms with E-state index in [1.54, 1.807) is 13.4 Å². The topological polar surface area (TPSA) is 50.5 Å². The summed E-state index contributed by atoms with van der Waals surface area (Å²) in [6.45, 7) is 3.68. The highest BCUT2D eigenvalue weighted by Gasteiger charge is 2.24. The molecule has 1 saturated heterocycles. The molecule has 1 N–H and O–H groups in total. The number of nitrogens with one attached hydrogen (secondary N) is 1. The summed E-state index contributed by atoms with van der Waals surface area (Å²) >= 11 is 0. The maximum atomic E-state index is 5.50. The molecule has 1 aliphatic rings. The van der Waals surface area contributed by atoms with Gasteiger partial charge in [0.15, 0.2) is 0 Å². The van der Waals surface area contributed by atoms with E-state index in [1.807, 2.05) is 18.3 Å². The van der Waals surface area contributed by atoms with Gasteiger partial charge in [-0.2, -0.15) is 0 Å². The van der Waals surface area contributed by atoms with Gasteiger partial charge in [0.25, 0.3) is 0 Å². The van der Waals surface area contributed by atoms with Gasteiger partial charge >= 0.3 is 0 Å². The van der Waals surface area contributed by atoms with Crippen LogP contribution in [-0.4, -0.2) is 44.4 Å². The molecule has 1 aliphatic heterocycles. The van der Waals surface area contributed by atoms with Crippen molar-refractivity contribution in [2.24, 2.45) is 0 Å². The van der Waals surface area contributed by atoms with E-state index >= 15 is 0 Å². The molecule has 2 aromatic rings. The molecule has 3 rings (SSSR count). The zero-order chi connectivity index (χ0) is 14.5. The number of pyridine rings is 1. The molecule has 1 unspecified atom stereocenters. The molecule has 0 aromatic carbocycles. The number of furan rings is 1. The summed E-state index contributed by atoms with van der Waals surface area (Å²) in [5.74, 6) is 1.06. The van der Waals surface area contributed by atoms with Crippen molar-refractivity contribution in [1.82, 2.24) is 10.3 Å². The number of fused-ring (bicyclic) bond motifs is 1. The Labute approximate surface area is 125 Å². The van der Waals surface area contributed by atoms with Crippen LogP contribution in [0.25, 0.3) is 11.0 Å². The van der Waals surface area contributed by atoms with Gasteiger partial charge in [-0.15, -0.1) is 0 Å². The van der Waals surface area contributed by atoms with Crippen LogP contribution in [0.15, 0.2) is 29.0 Å². The smallest absolute Gasteiger partial charge is 0.139 e. The highest BCUT2D eigenvalue weighted by molar-refractivity contribution is 5.88. The van der Waals surface area contributed by atoms with Gasteiger partial charge in [0, 0.05) is 39.0 Å². The number of anilines is 1. The van der Waals surface area contributed by atoms with E-state index in [4.69, 9.17) is 9.15 Å². The lowest BCUT2D eigenvalue weighted by Gasteiger charge is -2.37. The van der Waals surface area contributed by atoms with Gasteiger partial charge in [-0.25, -0.2) is 4.98 Å². The van der Waals surface area contributed by atoms with Crippen molar-refractivity contribution < 1.29 is 9.15 Å². The Morgan fingerprint density at radius 2 is 2.38 bits per heavy atom.